The van der Waals surface area contributed by atoms with Crippen LogP contribution in [0, 0.1) is 10.1 Å². The molecular formula is C20H16BrClN2O3. The minimum Gasteiger partial charge on any atom is -0.488 e. The largest absolute Gasteiger partial charge is 0.488 e. The fourth-order valence-electron chi connectivity index (χ4n) is 2.45. The lowest BCUT2D eigenvalue weighted by Gasteiger charge is -2.11. The third kappa shape index (κ3) is 5.45. The van der Waals surface area contributed by atoms with Gasteiger partial charge in [-0.2, -0.15) is 0 Å². The van der Waals surface area contributed by atoms with Crippen LogP contribution in [0.3, 0.4) is 0 Å². The predicted octanol–water partition coefficient (Wildman–Crippen LogP) is 6.20. The Balaban J connectivity index is 1.60. The fourth-order valence-corrected chi connectivity index (χ4v) is 3.11. The van der Waals surface area contributed by atoms with E-state index in [9.17, 15) is 10.1 Å². The Morgan fingerprint density at radius 2 is 1.78 bits per heavy atom. The van der Waals surface area contributed by atoms with Crippen molar-refractivity contribution in [1.29, 1.82) is 0 Å². The zero-order valence-corrected chi connectivity index (χ0v) is 16.5. The van der Waals surface area contributed by atoms with E-state index in [0.29, 0.717) is 23.9 Å². The Labute approximate surface area is 170 Å². The summed E-state index contributed by atoms with van der Waals surface area (Å²) in [5.74, 6) is 0.740. The molecule has 0 bridgehead atoms. The number of halogens is 2. The molecule has 0 aromatic heterocycles. The van der Waals surface area contributed by atoms with Crippen molar-refractivity contribution in [1.82, 2.24) is 0 Å². The van der Waals surface area contributed by atoms with E-state index in [0.717, 1.165) is 21.3 Å². The maximum absolute atomic E-state index is 10.8. The zero-order valence-electron chi connectivity index (χ0n) is 14.2. The van der Waals surface area contributed by atoms with Gasteiger partial charge in [0.2, 0.25) is 0 Å². The van der Waals surface area contributed by atoms with E-state index in [4.69, 9.17) is 16.3 Å². The highest BCUT2D eigenvalue weighted by atomic mass is 79.9. The van der Waals surface area contributed by atoms with Gasteiger partial charge in [-0.25, -0.2) is 0 Å². The minimum absolute atomic E-state index is 0.0622. The number of nitrogens with zero attached hydrogens (tertiary/aromatic N) is 1. The first-order valence-electron chi connectivity index (χ1n) is 8.15. The number of anilines is 1. The van der Waals surface area contributed by atoms with Crippen LogP contribution in [0.1, 0.15) is 11.1 Å². The highest BCUT2D eigenvalue weighted by molar-refractivity contribution is 9.10. The van der Waals surface area contributed by atoms with Crippen LogP contribution in [0.25, 0.3) is 0 Å². The normalized spacial score (nSPS) is 10.4. The number of benzene rings is 3. The molecule has 1 N–H and O–H groups in total. The Kier molecular flexibility index (Phi) is 6.32. The van der Waals surface area contributed by atoms with E-state index in [-0.39, 0.29) is 5.69 Å². The van der Waals surface area contributed by atoms with Gasteiger partial charge in [-0.1, -0.05) is 35.9 Å². The molecule has 0 heterocycles. The number of hydrogen-bond donors (Lipinski definition) is 1. The predicted molar refractivity (Wildman–Crippen MR) is 110 cm³/mol. The standard InChI is InChI=1S/C20H16BrClN2O3/c21-19-10-15(12-23-17-2-1-3-18(11-17)24(25)26)6-9-20(19)27-13-14-4-7-16(22)8-5-14/h1-11,23H,12-13H2. The molecule has 0 fully saturated rings. The molecule has 0 radical (unpaired) electrons. The van der Waals surface area contributed by atoms with Crippen molar-refractivity contribution in [2.24, 2.45) is 0 Å². The summed E-state index contributed by atoms with van der Waals surface area (Å²) < 4.78 is 6.68. The molecule has 0 unspecified atom stereocenters. The molecule has 0 amide bonds. The van der Waals surface area contributed by atoms with E-state index >= 15 is 0 Å². The first-order valence-corrected chi connectivity index (χ1v) is 9.32. The van der Waals surface area contributed by atoms with Gasteiger partial charge >= 0.3 is 0 Å². The molecule has 0 aliphatic carbocycles. The summed E-state index contributed by atoms with van der Waals surface area (Å²) >= 11 is 9.41. The van der Waals surface area contributed by atoms with Crippen LogP contribution >= 0.6 is 27.5 Å². The van der Waals surface area contributed by atoms with Crippen molar-refractivity contribution in [3.8, 4) is 5.75 Å². The van der Waals surface area contributed by atoms with Crippen LogP contribution in [0.5, 0.6) is 5.75 Å². The Hall–Kier alpha value is -2.57. The number of rotatable bonds is 7. The molecule has 0 atom stereocenters. The van der Waals surface area contributed by atoms with Crippen molar-refractivity contribution in [2.75, 3.05) is 5.32 Å². The van der Waals surface area contributed by atoms with Crippen molar-refractivity contribution in [2.45, 2.75) is 13.2 Å². The molecule has 7 heteroatoms. The molecular weight excluding hydrogens is 432 g/mol. The van der Waals surface area contributed by atoms with Gasteiger partial charge in [-0.15, -0.1) is 0 Å². The van der Waals surface area contributed by atoms with Crippen molar-refractivity contribution < 1.29 is 9.66 Å². The highest BCUT2D eigenvalue weighted by Crippen LogP contribution is 2.27. The van der Waals surface area contributed by atoms with E-state index < -0.39 is 4.92 Å². The third-order valence-corrected chi connectivity index (χ3v) is 4.73. The number of nitro benzene ring substituents is 1. The van der Waals surface area contributed by atoms with Crippen LogP contribution in [0.2, 0.25) is 5.02 Å². The maximum Gasteiger partial charge on any atom is 0.271 e. The summed E-state index contributed by atoms with van der Waals surface area (Å²) in [7, 11) is 0. The smallest absolute Gasteiger partial charge is 0.271 e. The summed E-state index contributed by atoms with van der Waals surface area (Å²) in [4.78, 5) is 10.4. The maximum atomic E-state index is 10.8. The van der Waals surface area contributed by atoms with Gasteiger partial charge in [0.05, 0.1) is 9.40 Å². The lowest BCUT2D eigenvalue weighted by Crippen LogP contribution is -2.01. The topological polar surface area (TPSA) is 64.4 Å². The number of nitro groups is 1. The van der Waals surface area contributed by atoms with Crippen LogP contribution in [-0.2, 0) is 13.2 Å². The van der Waals surface area contributed by atoms with Gasteiger partial charge in [0, 0.05) is 29.4 Å². The molecule has 3 aromatic carbocycles. The van der Waals surface area contributed by atoms with Crippen LogP contribution in [-0.4, -0.2) is 4.92 Å². The van der Waals surface area contributed by atoms with Gasteiger partial charge in [-0.3, -0.25) is 10.1 Å². The molecule has 0 aliphatic rings. The number of non-ortho nitro benzene ring substituents is 1. The summed E-state index contributed by atoms with van der Waals surface area (Å²) in [6, 6.07) is 19.7. The Morgan fingerprint density at radius 3 is 2.48 bits per heavy atom. The summed E-state index contributed by atoms with van der Waals surface area (Å²) in [5, 5.41) is 14.7. The molecule has 3 aromatic rings. The first-order chi connectivity index (χ1) is 13.0. The molecule has 5 nitrogen and oxygen atoms in total. The minimum atomic E-state index is -0.408. The van der Waals surface area contributed by atoms with Gasteiger partial charge in [0.1, 0.15) is 12.4 Å². The molecule has 0 spiro atoms. The third-order valence-electron chi connectivity index (χ3n) is 3.86. The molecule has 138 valence electrons. The van der Waals surface area contributed by atoms with Crippen LogP contribution in [0.4, 0.5) is 11.4 Å². The number of hydrogen-bond acceptors (Lipinski definition) is 4. The Bertz CT molecular complexity index is 948. The first kappa shape index (κ1) is 19.2. The second-order valence-electron chi connectivity index (χ2n) is 5.84. The van der Waals surface area contributed by atoms with Gasteiger partial charge in [-0.05, 0) is 57.4 Å². The van der Waals surface area contributed by atoms with Gasteiger partial charge in [0.15, 0.2) is 0 Å². The fraction of sp³-hybridized carbons (Fsp3) is 0.100. The SMILES string of the molecule is O=[N+]([O-])c1cccc(NCc2ccc(OCc3ccc(Cl)cc3)c(Br)c2)c1. The van der Waals surface area contributed by atoms with Crippen molar-refractivity contribution in [3.63, 3.8) is 0 Å². The molecule has 3 rings (SSSR count). The molecule has 0 saturated carbocycles. The lowest BCUT2D eigenvalue weighted by molar-refractivity contribution is -0.384. The average Bonchev–Trinajstić information content (AvgIpc) is 2.67. The van der Waals surface area contributed by atoms with Crippen molar-refractivity contribution >= 4 is 38.9 Å². The molecule has 0 saturated heterocycles. The second kappa shape index (κ2) is 8.88. The molecule has 0 aliphatic heterocycles. The van der Waals surface area contributed by atoms with E-state index in [2.05, 4.69) is 21.2 Å². The van der Waals surface area contributed by atoms with E-state index in [1.165, 1.54) is 12.1 Å². The van der Waals surface area contributed by atoms with Crippen LogP contribution < -0.4 is 10.1 Å². The summed E-state index contributed by atoms with van der Waals surface area (Å²) in [6.07, 6.45) is 0. The second-order valence-corrected chi connectivity index (χ2v) is 7.13. The van der Waals surface area contributed by atoms with E-state index in [1.807, 2.05) is 42.5 Å². The Morgan fingerprint density at radius 1 is 1.04 bits per heavy atom. The number of nitrogens with one attached hydrogen (secondary N) is 1. The average molecular weight is 448 g/mol. The quantitative estimate of drug-likeness (QED) is 0.346. The van der Waals surface area contributed by atoms with Gasteiger partial charge < -0.3 is 10.1 Å². The van der Waals surface area contributed by atoms with Gasteiger partial charge in [0.25, 0.3) is 5.69 Å². The molecule has 27 heavy (non-hydrogen) atoms. The van der Waals surface area contributed by atoms with E-state index in [1.54, 1.807) is 12.1 Å². The monoisotopic (exact) mass is 446 g/mol. The van der Waals surface area contributed by atoms with Crippen LogP contribution in [0.15, 0.2) is 71.2 Å². The summed E-state index contributed by atoms with van der Waals surface area (Å²) in [5.41, 5.74) is 2.81. The lowest BCUT2D eigenvalue weighted by atomic mass is 10.2. The summed E-state index contributed by atoms with van der Waals surface area (Å²) in [6.45, 7) is 0.984. The highest BCUT2D eigenvalue weighted by Gasteiger charge is 2.07. The number of ether oxygens (including phenoxy) is 1. The zero-order chi connectivity index (χ0) is 19.2. The van der Waals surface area contributed by atoms with Crippen molar-refractivity contribution in [3.05, 3.63) is 97.5 Å².